The van der Waals surface area contributed by atoms with Crippen molar-refractivity contribution in [2.24, 2.45) is 0 Å². The molecule has 156 valence electrons. The fourth-order valence-electron chi connectivity index (χ4n) is 3.42. The van der Waals surface area contributed by atoms with E-state index < -0.39 is 5.97 Å². The summed E-state index contributed by atoms with van der Waals surface area (Å²) in [6.07, 6.45) is 0. The lowest BCUT2D eigenvalue weighted by atomic mass is 10.1. The van der Waals surface area contributed by atoms with E-state index in [0.717, 1.165) is 11.3 Å². The first-order valence-electron chi connectivity index (χ1n) is 9.71. The van der Waals surface area contributed by atoms with Crippen LogP contribution in [0.4, 0.5) is 0 Å². The van der Waals surface area contributed by atoms with Gasteiger partial charge in [0.15, 0.2) is 0 Å². The van der Waals surface area contributed by atoms with Gasteiger partial charge in [-0.1, -0.05) is 0 Å². The van der Waals surface area contributed by atoms with Crippen molar-refractivity contribution in [3.05, 3.63) is 63.5 Å². The number of ether oxygens (including phenoxy) is 3. The third-order valence-corrected chi connectivity index (χ3v) is 5.22. The predicted octanol–water partition coefficient (Wildman–Crippen LogP) is 4.24. The number of carbonyl (C=O) groups is 1. The molecule has 2 heterocycles. The summed E-state index contributed by atoms with van der Waals surface area (Å²) in [6.45, 7) is 7.03. The largest absolute Gasteiger partial charge is 0.478 e. The van der Waals surface area contributed by atoms with Gasteiger partial charge in [-0.3, -0.25) is 9.69 Å². The number of rotatable bonds is 4. The van der Waals surface area contributed by atoms with Gasteiger partial charge in [-0.05, 0) is 57.2 Å². The van der Waals surface area contributed by atoms with Crippen LogP contribution in [0.5, 0.6) is 17.2 Å². The summed E-state index contributed by atoms with van der Waals surface area (Å²) in [7, 11) is 1.32. The first kappa shape index (κ1) is 20.0. The zero-order valence-corrected chi connectivity index (χ0v) is 17.4. The van der Waals surface area contributed by atoms with Gasteiger partial charge in [0, 0.05) is 12.6 Å². The topological polar surface area (TPSA) is 78.2 Å². The van der Waals surface area contributed by atoms with Crippen LogP contribution in [0, 0.1) is 6.92 Å². The molecule has 3 aromatic rings. The van der Waals surface area contributed by atoms with Gasteiger partial charge >= 0.3 is 5.97 Å². The molecule has 1 aromatic heterocycles. The van der Waals surface area contributed by atoms with Crippen molar-refractivity contribution in [1.29, 1.82) is 0 Å². The number of esters is 1. The van der Waals surface area contributed by atoms with Crippen molar-refractivity contribution < 1.29 is 23.4 Å². The average Bonchev–Trinajstić information content (AvgIpc) is 2.76. The molecule has 2 aromatic carbocycles. The number of hydrogen-bond acceptors (Lipinski definition) is 7. The molecule has 7 heteroatoms. The highest BCUT2D eigenvalue weighted by Crippen LogP contribution is 2.34. The van der Waals surface area contributed by atoms with Gasteiger partial charge in [0.25, 0.3) is 0 Å². The lowest BCUT2D eigenvalue weighted by Crippen LogP contribution is -2.37. The number of fused-ring (bicyclic) bond motifs is 3. The molecule has 7 nitrogen and oxygen atoms in total. The molecule has 0 bridgehead atoms. The monoisotopic (exact) mass is 409 g/mol. The number of benzene rings is 2. The van der Waals surface area contributed by atoms with Gasteiger partial charge in [0.2, 0.25) is 11.2 Å². The Kier molecular flexibility index (Phi) is 5.22. The van der Waals surface area contributed by atoms with E-state index in [1.807, 2.05) is 0 Å². The van der Waals surface area contributed by atoms with Crippen LogP contribution in [-0.2, 0) is 11.3 Å². The zero-order chi connectivity index (χ0) is 21.4. The number of nitrogens with zero attached hydrogens (tertiary/aromatic N) is 1. The summed E-state index contributed by atoms with van der Waals surface area (Å²) in [5, 5.41) is 0.440. The second-order valence-corrected chi connectivity index (χ2v) is 7.47. The molecule has 0 amide bonds. The molecule has 0 spiro atoms. The molecule has 0 saturated carbocycles. The molecule has 0 atom stereocenters. The summed E-state index contributed by atoms with van der Waals surface area (Å²) in [5.41, 5.74) is 1.53. The smallest absolute Gasteiger partial charge is 0.337 e. The maximum atomic E-state index is 13.2. The molecule has 0 unspecified atom stereocenters. The zero-order valence-electron chi connectivity index (χ0n) is 17.4. The van der Waals surface area contributed by atoms with Crippen LogP contribution >= 0.6 is 0 Å². The Bertz CT molecular complexity index is 1160. The lowest BCUT2D eigenvalue weighted by molar-refractivity contribution is 0.0600. The Morgan fingerprint density at radius 1 is 1.13 bits per heavy atom. The van der Waals surface area contributed by atoms with E-state index in [0.29, 0.717) is 47.4 Å². The van der Waals surface area contributed by atoms with E-state index in [4.69, 9.17) is 18.6 Å². The second kappa shape index (κ2) is 7.84. The molecule has 30 heavy (non-hydrogen) atoms. The number of aryl methyl sites for hydroxylation is 1. The van der Waals surface area contributed by atoms with Gasteiger partial charge < -0.3 is 18.6 Å². The van der Waals surface area contributed by atoms with Crippen LogP contribution in [0.15, 0.2) is 45.6 Å². The summed E-state index contributed by atoms with van der Waals surface area (Å²) < 4.78 is 22.4. The van der Waals surface area contributed by atoms with Crippen molar-refractivity contribution in [2.45, 2.75) is 33.4 Å². The Labute approximate surface area is 173 Å². The van der Waals surface area contributed by atoms with Crippen molar-refractivity contribution in [3.8, 4) is 17.2 Å². The van der Waals surface area contributed by atoms with E-state index in [2.05, 4.69) is 18.7 Å². The first-order valence-corrected chi connectivity index (χ1v) is 9.71. The standard InChI is InChI=1S/C23H23NO6/c1-13(2)24-11-18-19(28-12-24)10-9-17-20(25)21(14(3)29-22(17)18)30-16-7-5-15(6-8-16)23(26)27-4/h5-10,13H,11-12H2,1-4H3. The van der Waals surface area contributed by atoms with Crippen molar-refractivity contribution in [2.75, 3.05) is 13.8 Å². The molecule has 0 aliphatic carbocycles. The SMILES string of the molecule is COC(=O)c1ccc(Oc2c(C)oc3c4c(ccc3c2=O)OCN(C(C)C)C4)cc1. The molecule has 0 radical (unpaired) electrons. The van der Waals surface area contributed by atoms with Gasteiger partial charge in [0.1, 0.15) is 29.6 Å². The Morgan fingerprint density at radius 2 is 1.87 bits per heavy atom. The molecule has 1 aliphatic heterocycles. The highest BCUT2D eigenvalue weighted by atomic mass is 16.5. The lowest BCUT2D eigenvalue weighted by Gasteiger charge is -2.32. The maximum absolute atomic E-state index is 13.2. The summed E-state index contributed by atoms with van der Waals surface area (Å²) >= 11 is 0. The second-order valence-electron chi connectivity index (χ2n) is 7.47. The first-order chi connectivity index (χ1) is 14.4. The number of carbonyl (C=O) groups excluding carboxylic acids is 1. The third kappa shape index (κ3) is 3.52. The maximum Gasteiger partial charge on any atom is 0.337 e. The third-order valence-electron chi connectivity index (χ3n) is 5.22. The Morgan fingerprint density at radius 3 is 2.53 bits per heavy atom. The average molecular weight is 409 g/mol. The predicted molar refractivity (Wildman–Crippen MR) is 111 cm³/mol. The summed E-state index contributed by atoms with van der Waals surface area (Å²) in [5.74, 6) is 1.20. The minimum Gasteiger partial charge on any atom is -0.478 e. The highest BCUT2D eigenvalue weighted by Gasteiger charge is 2.25. The molecule has 4 rings (SSSR count). The van der Waals surface area contributed by atoms with Crippen LogP contribution in [0.25, 0.3) is 11.0 Å². The minimum atomic E-state index is -0.439. The van der Waals surface area contributed by atoms with Crippen LogP contribution in [0.3, 0.4) is 0 Å². The summed E-state index contributed by atoms with van der Waals surface area (Å²) in [6, 6.07) is 10.2. The minimum absolute atomic E-state index is 0.116. The molecular weight excluding hydrogens is 386 g/mol. The van der Waals surface area contributed by atoms with Crippen molar-refractivity contribution >= 4 is 16.9 Å². The highest BCUT2D eigenvalue weighted by molar-refractivity contribution is 5.89. The normalized spacial score (nSPS) is 13.8. The summed E-state index contributed by atoms with van der Waals surface area (Å²) in [4.78, 5) is 26.9. The van der Waals surface area contributed by atoms with Gasteiger partial charge in [-0.25, -0.2) is 4.79 Å². The molecule has 0 saturated heterocycles. The van der Waals surface area contributed by atoms with Gasteiger partial charge in [-0.15, -0.1) is 0 Å². The number of methoxy groups -OCH3 is 1. The quantitative estimate of drug-likeness (QED) is 0.597. The van der Waals surface area contributed by atoms with E-state index in [-0.39, 0.29) is 11.2 Å². The molecular formula is C23H23NO6. The number of hydrogen-bond donors (Lipinski definition) is 0. The Hall–Kier alpha value is -3.32. The van der Waals surface area contributed by atoms with E-state index >= 15 is 0 Å². The fourth-order valence-corrected chi connectivity index (χ4v) is 3.42. The van der Waals surface area contributed by atoms with Crippen LogP contribution < -0.4 is 14.9 Å². The van der Waals surface area contributed by atoms with Gasteiger partial charge in [-0.2, -0.15) is 0 Å². The van der Waals surface area contributed by atoms with E-state index in [1.165, 1.54) is 7.11 Å². The van der Waals surface area contributed by atoms with E-state index in [9.17, 15) is 9.59 Å². The van der Waals surface area contributed by atoms with Gasteiger partial charge in [0.05, 0.1) is 23.6 Å². The van der Waals surface area contributed by atoms with Crippen LogP contribution in [-0.4, -0.2) is 30.8 Å². The van der Waals surface area contributed by atoms with Crippen molar-refractivity contribution in [1.82, 2.24) is 4.90 Å². The molecule has 0 fully saturated rings. The fraction of sp³-hybridized carbons (Fsp3) is 0.304. The molecule has 0 N–H and O–H groups in total. The van der Waals surface area contributed by atoms with Crippen molar-refractivity contribution in [3.63, 3.8) is 0 Å². The van der Waals surface area contributed by atoms with Crippen LogP contribution in [0.1, 0.15) is 35.5 Å². The van der Waals surface area contributed by atoms with E-state index in [1.54, 1.807) is 43.3 Å². The molecule has 1 aliphatic rings. The van der Waals surface area contributed by atoms with Crippen LogP contribution in [0.2, 0.25) is 0 Å². The Balaban J connectivity index is 1.73.